The summed E-state index contributed by atoms with van der Waals surface area (Å²) in [5.41, 5.74) is 11.4. The van der Waals surface area contributed by atoms with E-state index in [1.807, 2.05) is 25.1 Å². The van der Waals surface area contributed by atoms with Crippen LogP contribution in [0.2, 0.25) is 0 Å². The minimum absolute atomic E-state index is 0.872. The van der Waals surface area contributed by atoms with Crippen molar-refractivity contribution in [2.75, 3.05) is 0 Å². The maximum Gasteiger partial charge on any atom is 0.137 e. The molecule has 0 N–H and O–H groups in total. The van der Waals surface area contributed by atoms with E-state index in [0.29, 0.717) is 0 Å². The highest BCUT2D eigenvalue weighted by Crippen LogP contribution is 2.41. The third kappa shape index (κ3) is 3.22. The average molecular weight is 540 g/mol. The normalized spacial score (nSPS) is 12.0. The fraction of sp³-hybridized carbons (Fsp3) is 0.0256. The zero-order chi connectivity index (χ0) is 27.9. The molecular weight excluding hydrogens is 514 g/mol. The minimum atomic E-state index is 0.872. The summed E-state index contributed by atoms with van der Waals surface area (Å²) in [6.45, 7) is 6.28. The SMILES string of the molecule is C=C(C)c1cccc2oc3ccc(-n4c5ccccc5c5cc6c(cc54)oc4ccc(-c5ccccc5)cc46)cc3c12. The summed E-state index contributed by atoms with van der Waals surface area (Å²) in [6, 6.07) is 42.8. The summed E-state index contributed by atoms with van der Waals surface area (Å²) in [7, 11) is 0. The van der Waals surface area contributed by atoms with E-state index in [-0.39, 0.29) is 0 Å². The van der Waals surface area contributed by atoms with Crippen molar-refractivity contribution in [3.63, 3.8) is 0 Å². The van der Waals surface area contributed by atoms with Gasteiger partial charge in [-0.25, -0.2) is 0 Å². The number of furan rings is 2. The quantitative estimate of drug-likeness (QED) is 0.224. The molecule has 3 aromatic heterocycles. The number of fused-ring (bicyclic) bond motifs is 9. The lowest BCUT2D eigenvalue weighted by atomic mass is 10.0. The standard InChI is InChI=1S/C39H25NO2/c1-23(2)27-12-8-14-37-39(27)32-20-26(16-18-36(32)41-37)40-33-13-7-6-11-28(33)29-21-31-30-19-25(24-9-4-3-5-10-24)15-17-35(30)42-38(31)22-34(29)40/h3-22H,1H2,2H3. The Kier molecular flexibility index (Phi) is 4.68. The molecular formula is C39H25NO2. The van der Waals surface area contributed by atoms with Gasteiger partial charge in [0.05, 0.1) is 11.0 Å². The van der Waals surface area contributed by atoms with Gasteiger partial charge in [0.1, 0.15) is 22.3 Å². The van der Waals surface area contributed by atoms with Crippen molar-refractivity contribution < 1.29 is 8.83 Å². The second kappa shape index (κ2) is 8.48. The zero-order valence-electron chi connectivity index (χ0n) is 23.0. The molecule has 0 atom stereocenters. The first-order valence-electron chi connectivity index (χ1n) is 14.2. The second-order valence-corrected chi connectivity index (χ2v) is 11.1. The molecule has 6 aromatic carbocycles. The maximum atomic E-state index is 6.46. The molecule has 0 bridgehead atoms. The molecule has 0 aliphatic rings. The van der Waals surface area contributed by atoms with Crippen molar-refractivity contribution in [2.45, 2.75) is 6.92 Å². The van der Waals surface area contributed by atoms with E-state index in [2.05, 4.69) is 114 Å². The van der Waals surface area contributed by atoms with Crippen molar-refractivity contribution >= 4 is 71.3 Å². The van der Waals surface area contributed by atoms with Gasteiger partial charge in [0.2, 0.25) is 0 Å². The molecule has 3 heteroatoms. The summed E-state index contributed by atoms with van der Waals surface area (Å²) >= 11 is 0. The molecule has 0 radical (unpaired) electrons. The lowest BCUT2D eigenvalue weighted by molar-refractivity contribution is 0.668. The van der Waals surface area contributed by atoms with Gasteiger partial charge in [-0.05, 0) is 72.1 Å². The largest absolute Gasteiger partial charge is 0.456 e. The minimum Gasteiger partial charge on any atom is -0.456 e. The van der Waals surface area contributed by atoms with Gasteiger partial charge in [-0.2, -0.15) is 0 Å². The Bertz CT molecular complexity index is 2540. The van der Waals surface area contributed by atoms with Crippen molar-refractivity contribution in [3.05, 3.63) is 133 Å². The van der Waals surface area contributed by atoms with Crippen LogP contribution >= 0.6 is 0 Å². The summed E-state index contributed by atoms with van der Waals surface area (Å²) in [5.74, 6) is 0. The highest BCUT2D eigenvalue weighted by atomic mass is 16.3. The van der Waals surface area contributed by atoms with E-state index in [1.54, 1.807) is 0 Å². The summed E-state index contributed by atoms with van der Waals surface area (Å²) in [4.78, 5) is 0. The third-order valence-corrected chi connectivity index (χ3v) is 8.57. The monoisotopic (exact) mass is 539 g/mol. The summed E-state index contributed by atoms with van der Waals surface area (Å²) in [5, 5.41) is 6.86. The van der Waals surface area contributed by atoms with Gasteiger partial charge >= 0.3 is 0 Å². The van der Waals surface area contributed by atoms with Gasteiger partial charge in [-0.3, -0.25) is 0 Å². The Morgan fingerprint density at radius 2 is 1.29 bits per heavy atom. The summed E-state index contributed by atoms with van der Waals surface area (Å²) < 4.78 is 15.1. The zero-order valence-corrected chi connectivity index (χ0v) is 23.0. The molecule has 0 spiro atoms. The predicted octanol–water partition coefficient (Wildman–Crippen LogP) is 11.3. The highest BCUT2D eigenvalue weighted by Gasteiger charge is 2.18. The number of hydrogen-bond acceptors (Lipinski definition) is 2. The number of benzene rings is 6. The van der Waals surface area contributed by atoms with Gasteiger partial charge < -0.3 is 13.4 Å². The van der Waals surface area contributed by atoms with E-state index >= 15 is 0 Å². The average Bonchev–Trinajstić information content (AvgIpc) is 3.68. The molecule has 9 aromatic rings. The molecule has 0 amide bonds. The fourth-order valence-corrected chi connectivity index (χ4v) is 6.64. The number of para-hydroxylation sites is 1. The van der Waals surface area contributed by atoms with Gasteiger partial charge in [0, 0.05) is 44.1 Å². The van der Waals surface area contributed by atoms with Gasteiger partial charge in [0.15, 0.2) is 0 Å². The van der Waals surface area contributed by atoms with Gasteiger partial charge in [0.25, 0.3) is 0 Å². The number of nitrogens with zero attached hydrogens (tertiary/aromatic N) is 1. The smallest absolute Gasteiger partial charge is 0.137 e. The van der Waals surface area contributed by atoms with Crippen LogP contribution in [-0.4, -0.2) is 4.57 Å². The lowest BCUT2D eigenvalue weighted by Crippen LogP contribution is -1.93. The third-order valence-electron chi connectivity index (χ3n) is 8.57. The molecule has 0 saturated carbocycles. The Hall–Kier alpha value is -5.54. The molecule has 0 aliphatic carbocycles. The first kappa shape index (κ1) is 23.2. The van der Waals surface area contributed by atoms with Crippen molar-refractivity contribution in [2.24, 2.45) is 0 Å². The van der Waals surface area contributed by atoms with E-state index in [9.17, 15) is 0 Å². The number of hydrogen-bond donors (Lipinski definition) is 0. The fourth-order valence-electron chi connectivity index (χ4n) is 6.64. The molecule has 0 unspecified atom stereocenters. The molecule has 0 fully saturated rings. The van der Waals surface area contributed by atoms with E-state index in [0.717, 1.165) is 71.7 Å². The number of rotatable bonds is 3. The van der Waals surface area contributed by atoms with Crippen LogP contribution in [0, 0.1) is 0 Å². The Morgan fingerprint density at radius 3 is 2.17 bits per heavy atom. The van der Waals surface area contributed by atoms with Crippen LogP contribution in [0.4, 0.5) is 0 Å². The van der Waals surface area contributed by atoms with Crippen molar-refractivity contribution in [1.29, 1.82) is 0 Å². The molecule has 0 saturated heterocycles. The van der Waals surface area contributed by atoms with Crippen LogP contribution in [-0.2, 0) is 0 Å². The van der Waals surface area contributed by atoms with Crippen LogP contribution in [0.1, 0.15) is 12.5 Å². The second-order valence-electron chi connectivity index (χ2n) is 11.1. The van der Waals surface area contributed by atoms with Gasteiger partial charge in [-0.1, -0.05) is 78.9 Å². The first-order chi connectivity index (χ1) is 20.6. The van der Waals surface area contributed by atoms with Gasteiger partial charge in [-0.15, -0.1) is 0 Å². The topological polar surface area (TPSA) is 31.2 Å². The Morgan fingerprint density at radius 1 is 0.524 bits per heavy atom. The lowest BCUT2D eigenvalue weighted by Gasteiger charge is -2.08. The van der Waals surface area contributed by atoms with E-state index < -0.39 is 0 Å². The molecule has 0 aliphatic heterocycles. The molecule has 198 valence electrons. The van der Waals surface area contributed by atoms with Crippen LogP contribution < -0.4 is 0 Å². The maximum absolute atomic E-state index is 6.46. The molecule has 3 heterocycles. The van der Waals surface area contributed by atoms with E-state index in [4.69, 9.17) is 8.83 Å². The molecule has 3 nitrogen and oxygen atoms in total. The predicted molar refractivity (Wildman–Crippen MR) is 175 cm³/mol. The van der Waals surface area contributed by atoms with Crippen LogP contribution in [0.3, 0.4) is 0 Å². The first-order valence-corrected chi connectivity index (χ1v) is 14.2. The van der Waals surface area contributed by atoms with Crippen molar-refractivity contribution in [1.82, 2.24) is 4.57 Å². The van der Waals surface area contributed by atoms with E-state index in [1.165, 1.54) is 21.9 Å². The molecule has 42 heavy (non-hydrogen) atoms. The summed E-state index contributed by atoms with van der Waals surface area (Å²) in [6.07, 6.45) is 0. The van der Waals surface area contributed by atoms with Crippen molar-refractivity contribution in [3.8, 4) is 16.8 Å². The Balaban J connectivity index is 1.33. The van der Waals surface area contributed by atoms with Crippen LogP contribution in [0.5, 0.6) is 0 Å². The number of allylic oxidation sites excluding steroid dienone is 1. The molecule has 9 rings (SSSR count). The highest BCUT2D eigenvalue weighted by molar-refractivity contribution is 6.18. The van der Waals surface area contributed by atoms with Crippen LogP contribution in [0.25, 0.3) is 88.1 Å². The Labute approximate surface area is 241 Å². The van der Waals surface area contributed by atoms with Crippen LogP contribution in [0.15, 0.2) is 137 Å². The number of aromatic nitrogens is 1.